The molecule has 16 nitrogen and oxygen atoms in total. The first-order valence-corrected chi connectivity index (χ1v) is 24.5. The molecule has 3 aromatic rings. The highest BCUT2D eigenvalue weighted by molar-refractivity contribution is 5.95. The van der Waals surface area contributed by atoms with E-state index in [4.69, 9.17) is 23.7 Å². The van der Waals surface area contributed by atoms with Gasteiger partial charge in [-0.3, -0.25) is 19.3 Å². The van der Waals surface area contributed by atoms with E-state index in [1.165, 1.54) is 33.8 Å². The van der Waals surface area contributed by atoms with Crippen molar-refractivity contribution in [1.82, 2.24) is 14.8 Å². The number of para-hydroxylation sites is 1. The number of quaternary nitrogens is 1. The zero-order chi connectivity index (χ0) is 49.0. The Hall–Kier alpha value is -5.71. The molecule has 368 valence electrons. The minimum Gasteiger partial charge on any atom is -0.496 e. The Morgan fingerprint density at radius 3 is 2.41 bits per heavy atom. The van der Waals surface area contributed by atoms with E-state index >= 15 is 4.79 Å². The molecule has 1 aromatic heterocycles. The van der Waals surface area contributed by atoms with Gasteiger partial charge >= 0.3 is 23.9 Å². The number of nitrogens with zero attached hydrogens (tertiary/aromatic N) is 4. The van der Waals surface area contributed by atoms with Gasteiger partial charge in [0.2, 0.25) is 5.60 Å². The summed E-state index contributed by atoms with van der Waals surface area (Å²) in [5, 5.41) is 14.4. The number of likely N-dealkylation sites (tertiary alicyclic amines) is 1. The van der Waals surface area contributed by atoms with Crippen molar-refractivity contribution in [3.63, 3.8) is 0 Å². The van der Waals surface area contributed by atoms with Gasteiger partial charge in [0.15, 0.2) is 12.6 Å². The van der Waals surface area contributed by atoms with Gasteiger partial charge in [-0.1, -0.05) is 50.3 Å². The van der Waals surface area contributed by atoms with E-state index in [1.54, 1.807) is 12.0 Å². The van der Waals surface area contributed by atoms with Crippen molar-refractivity contribution in [2.75, 3.05) is 79.7 Å². The number of esters is 4. The minimum absolute atomic E-state index is 0.0971. The molecule has 69 heavy (non-hydrogen) atoms. The number of carbonyl (C=O) groups excluding carboxylic acids is 5. The topological polar surface area (TPSA) is 177 Å². The van der Waals surface area contributed by atoms with Gasteiger partial charge in [0.1, 0.15) is 30.3 Å². The van der Waals surface area contributed by atoms with Gasteiger partial charge in [0, 0.05) is 89.3 Å². The van der Waals surface area contributed by atoms with E-state index in [0.717, 1.165) is 28.5 Å². The molecule has 7 aliphatic rings. The van der Waals surface area contributed by atoms with Crippen LogP contribution >= 0.6 is 0 Å². The zero-order valence-corrected chi connectivity index (χ0v) is 41.1. The lowest BCUT2D eigenvalue weighted by molar-refractivity contribution is -0.934. The molecular formula is C53H66N5O11+. The molecule has 1 aliphatic carbocycles. The smallest absolute Gasteiger partial charge is 0.344 e. The van der Waals surface area contributed by atoms with E-state index in [9.17, 15) is 24.3 Å². The summed E-state index contributed by atoms with van der Waals surface area (Å²) in [5.74, 6) is -2.32. The summed E-state index contributed by atoms with van der Waals surface area (Å²) in [6, 6.07) is 10.1. The van der Waals surface area contributed by atoms with Crippen molar-refractivity contribution in [2.24, 2.45) is 11.3 Å². The normalized spacial score (nSPS) is 34.1. The fourth-order valence-corrected chi connectivity index (χ4v) is 15.3. The molecule has 10 rings (SSSR count). The summed E-state index contributed by atoms with van der Waals surface area (Å²) < 4.78 is 29.7. The van der Waals surface area contributed by atoms with Crippen molar-refractivity contribution in [3.8, 4) is 5.75 Å². The molecular weight excluding hydrogens is 883 g/mol. The van der Waals surface area contributed by atoms with Crippen molar-refractivity contribution in [2.45, 2.75) is 107 Å². The van der Waals surface area contributed by atoms with Crippen molar-refractivity contribution < 1.29 is 57.2 Å². The van der Waals surface area contributed by atoms with Crippen LogP contribution in [0.4, 0.5) is 5.69 Å². The number of benzene rings is 2. The van der Waals surface area contributed by atoms with Gasteiger partial charge in [-0.2, -0.15) is 0 Å². The van der Waals surface area contributed by atoms with E-state index in [0.29, 0.717) is 92.1 Å². The number of methoxy groups -OCH3 is 4. The first-order valence-electron chi connectivity index (χ1n) is 24.5. The van der Waals surface area contributed by atoms with E-state index in [-0.39, 0.29) is 30.8 Å². The van der Waals surface area contributed by atoms with Crippen LogP contribution in [0.2, 0.25) is 0 Å². The molecule has 3 fully saturated rings. The number of nitrogens with one attached hydrogen (secondary N) is 1. The lowest BCUT2D eigenvalue weighted by Crippen LogP contribution is -2.81. The van der Waals surface area contributed by atoms with E-state index < -0.39 is 63.9 Å². The number of ether oxygens (including phenoxy) is 5. The summed E-state index contributed by atoms with van der Waals surface area (Å²) in [7, 11) is 7.46. The van der Waals surface area contributed by atoms with Crippen LogP contribution in [0.1, 0.15) is 81.7 Å². The van der Waals surface area contributed by atoms with E-state index in [2.05, 4.69) is 35.0 Å². The number of rotatable bonds is 10. The van der Waals surface area contributed by atoms with Crippen molar-refractivity contribution >= 4 is 46.4 Å². The number of aromatic nitrogens is 1. The molecule has 2 aromatic carbocycles. The monoisotopic (exact) mass is 948 g/mol. The van der Waals surface area contributed by atoms with Gasteiger partial charge in [-0.05, 0) is 68.3 Å². The fraction of sp³-hybridized carbons (Fsp3) is 0.566. The summed E-state index contributed by atoms with van der Waals surface area (Å²) in [6.45, 7) is 8.88. The van der Waals surface area contributed by atoms with Crippen molar-refractivity contribution in [1.29, 1.82) is 0 Å². The summed E-state index contributed by atoms with van der Waals surface area (Å²) in [5.41, 5.74) is -0.178. The number of aliphatic hydroxyl groups is 1. The van der Waals surface area contributed by atoms with Crippen LogP contribution in [0, 0.1) is 11.3 Å². The van der Waals surface area contributed by atoms with Gasteiger partial charge < -0.3 is 48.1 Å². The number of hydrogen-bond acceptors (Lipinski definition) is 13. The Morgan fingerprint density at radius 2 is 1.71 bits per heavy atom. The average Bonchev–Trinajstić information content (AvgIpc) is 4.14. The Labute approximate surface area is 403 Å². The van der Waals surface area contributed by atoms with Crippen LogP contribution in [0.3, 0.4) is 0 Å². The maximum Gasteiger partial charge on any atom is 0.344 e. The van der Waals surface area contributed by atoms with Crippen LogP contribution in [-0.2, 0) is 60.3 Å². The number of anilines is 1. The molecule has 16 heteroatoms. The molecule has 1 amide bonds. The zero-order valence-electron chi connectivity index (χ0n) is 41.1. The van der Waals surface area contributed by atoms with Gasteiger partial charge in [0.05, 0.1) is 41.0 Å². The molecule has 7 heterocycles. The van der Waals surface area contributed by atoms with Crippen LogP contribution < -0.4 is 9.64 Å². The SMILES string of the molecule is CCC1=C[C@@H]2C[C@](C(=O)OC)(c3cc4c(cc3OC)N(C)[C@H]3[C@@](O)(C(=O)OC)[C@H](OC(C)=O)[C@]5(CC)C=CCN6CC[C@]43[C@@H]65)c3[nH]c4ccccc4c3C[N+](CC(=O)N3CCC[C@H]3C(=O)OC)(C1)C2. The van der Waals surface area contributed by atoms with Gasteiger partial charge in [-0.25, -0.2) is 9.59 Å². The molecule has 2 bridgehead atoms. The second kappa shape index (κ2) is 16.7. The summed E-state index contributed by atoms with van der Waals surface area (Å²) in [4.78, 5) is 80.7. The number of carbonyl (C=O) groups is 5. The third kappa shape index (κ3) is 6.39. The van der Waals surface area contributed by atoms with Crippen LogP contribution in [0.15, 0.2) is 60.2 Å². The average molecular weight is 949 g/mol. The highest BCUT2D eigenvalue weighted by atomic mass is 16.6. The third-order valence-corrected chi connectivity index (χ3v) is 17.6. The second-order valence-corrected chi connectivity index (χ2v) is 20.8. The molecule has 1 spiro atoms. The van der Waals surface area contributed by atoms with Crippen molar-refractivity contribution in [3.05, 3.63) is 82.6 Å². The number of aromatic amines is 1. The summed E-state index contributed by atoms with van der Waals surface area (Å²) in [6.07, 6.45) is 8.31. The Morgan fingerprint density at radius 1 is 0.942 bits per heavy atom. The highest BCUT2D eigenvalue weighted by Gasteiger charge is 2.80. The largest absolute Gasteiger partial charge is 0.496 e. The number of fused-ring (bicyclic) bond motifs is 6. The van der Waals surface area contributed by atoms with Crippen LogP contribution in [0.25, 0.3) is 10.9 Å². The second-order valence-electron chi connectivity index (χ2n) is 20.8. The highest BCUT2D eigenvalue weighted by Crippen LogP contribution is 2.68. The van der Waals surface area contributed by atoms with Crippen LogP contribution in [-0.4, -0.2) is 159 Å². The Balaban J connectivity index is 1.22. The van der Waals surface area contributed by atoms with Crippen LogP contribution in [0.5, 0.6) is 5.75 Å². The number of H-pyrrole nitrogens is 1. The molecule has 2 N–H and O–H groups in total. The predicted octanol–water partition coefficient (Wildman–Crippen LogP) is 4.43. The fourth-order valence-electron chi connectivity index (χ4n) is 15.3. The quantitative estimate of drug-likeness (QED) is 0.127. The van der Waals surface area contributed by atoms with Gasteiger partial charge in [-0.15, -0.1) is 0 Å². The molecule has 0 radical (unpaired) electrons. The molecule has 2 saturated heterocycles. The third-order valence-electron chi connectivity index (χ3n) is 17.6. The first-order chi connectivity index (χ1) is 33.1. The summed E-state index contributed by atoms with van der Waals surface area (Å²) >= 11 is 0. The maximum absolute atomic E-state index is 15.6. The molecule has 1 saturated carbocycles. The Bertz CT molecular complexity index is 2710. The lowest BCUT2D eigenvalue weighted by atomic mass is 9.47. The molecule has 6 aliphatic heterocycles. The predicted molar refractivity (Wildman–Crippen MR) is 254 cm³/mol. The molecule has 10 atom stereocenters. The van der Waals surface area contributed by atoms with Gasteiger partial charge in [0.25, 0.3) is 5.91 Å². The Kier molecular flexibility index (Phi) is 11.4. The van der Waals surface area contributed by atoms with E-state index in [1.807, 2.05) is 55.3 Å². The maximum atomic E-state index is 15.6. The number of hydrogen-bond donors (Lipinski definition) is 2. The molecule has 1 unspecified atom stereocenters. The lowest BCUT2D eigenvalue weighted by Gasteiger charge is -2.63. The first kappa shape index (κ1) is 47.0. The minimum atomic E-state index is -2.34. The number of amides is 1. The number of likely N-dealkylation sites (N-methyl/N-ethyl adjacent to an activating group) is 1. The standard InChI is InChI=1S/C53H66N5O11/c1-9-32-23-33-26-52(48(62)67-7,43-35(34-15-11-12-16-38(34)54-43)29-58(27-32,28-33)30-42(60)57-21-13-17-39(57)44(61)66-6)37-24-36-40(25-41(37)65-5)55(4)46-51(36)19-22-56-20-14-18-50(10-2,45(51)56)47(69-31(3)59)53(46,64)49(63)68-8/h11-12,14-16,18,23-25,33,39,45-47,54,64H,9-10,13,17,19-22,26-30H2,1-8H3/q+1/t33-,39+,45+,46-,47-,50-,51-,52+,53+,58?/m1/s1.